The summed E-state index contributed by atoms with van der Waals surface area (Å²) in [5.41, 5.74) is 1.22. The highest BCUT2D eigenvalue weighted by molar-refractivity contribution is 5.79. The maximum absolute atomic E-state index is 12.1. The molecule has 1 aliphatic rings. The minimum Gasteiger partial charge on any atom is -0.347 e. The van der Waals surface area contributed by atoms with Gasteiger partial charge in [0.2, 0.25) is 5.91 Å². The summed E-state index contributed by atoms with van der Waals surface area (Å²) in [5, 5.41) is 4.76. The summed E-state index contributed by atoms with van der Waals surface area (Å²) >= 11 is 0. The molecule has 1 heterocycles. The standard InChI is InChI=1S/C18H24F3N3O2/c19-18(20,21)13-23-16(25)15-8-11-24(12-9-15)17(26)22-10-4-7-14-5-2-1-3-6-14/h1-3,5-6,15H,4,7-13H2,(H,22,26)(H,23,25). The Morgan fingerprint density at radius 1 is 1.08 bits per heavy atom. The zero-order valence-corrected chi connectivity index (χ0v) is 14.5. The molecule has 1 aliphatic heterocycles. The lowest BCUT2D eigenvalue weighted by atomic mass is 9.96. The van der Waals surface area contributed by atoms with Crippen molar-refractivity contribution >= 4 is 11.9 Å². The Bertz CT molecular complexity index is 585. The van der Waals surface area contributed by atoms with Gasteiger partial charge in [-0.2, -0.15) is 13.2 Å². The second kappa shape index (κ2) is 9.45. The van der Waals surface area contributed by atoms with Gasteiger partial charge in [-0.25, -0.2) is 4.79 Å². The molecule has 0 atom stereocenters. The lowest BCUT2D eigenvalue weighted by Crippen LogP contribution is -2.47. The van der Waals surface area contributed by atoms with E-state index < -0.39 is 24.5 Å². The van der Waals surface area contributed by atoms with Crippen molar-refractivity contribution in [2.75, 3.05) is 26.2 Å². The van der Waals surface area contributed by atoms with Crippen LogP contribution in [0.15, 0.2) is 30.3 Å². The van der Waals surface area contributed by atoms with E-state index in [1.807, 2.05) is 35.6 Å². The number of nitrogens with zero attached hydrogens (tertiary/aromatic N) is 1. The third kappa shape index (κ3) is 6.93. The molecule has 1 aromatic carbocycles. The maximum Gasteiger partial charge on any atom is 0.405 e. The average molecular weight is 371 g/mol. The minimum atomic E-state index is -4.41. The van der Waals surface area contributed by atoms with Gasteiger partial charge in [0.15, 0.2) is 0 Å². The number of carbonyl (C=O) groups excluding carboxylic acids is 2. The molecule has 0 saturated carbocycles. The summed E-state index contributed by atoms with van der Waals surface area (Å²) in [7, 11) is 0. The molecule has 0 aromatic heterocycles. The number of nitrogens with one attached hydrogen (secondary N) is 2. The van der Waals surface area contributed by atoms with E-state index in [1.54, 1.807) is 4.90 Å². The number of benzene rings is 1. The van der Waals surface area contributed by atoms with E-state index >= 15 is 0 Å². The van der Waals surface area contributed by atoms with Crippen LogP contribution < -0.4 is 10.6 Å². The number of piperidine rings is 1. The van der Waals surface area contributed by atoms with Gasteiger partial charge in [0, 0.05) is 25.6 Å². The molecule has 2 rings (SSSR count). The fourth-order valence-electron chi connectivity index (χ4n) is 2.92. The van der Waals surface area contributed by atoms with E-state index in [0.29, 0.717) is 32.5 Å². The van der Waals surface area contributed by atoms with Crippen LogP contribution in [0.2, 0.25) is 0 Å². The quantitative estimate of drug-likeness (QED) is 0.756. The monoisotopic (exact) mass is 371 g/mol. The van der Waals surface area contributed by atoms with Gasteiger partial charge in [0.1, 0.15) is 6.54 Å². The van der Waals surface area contributed by atoms with Crippen molar-refractivity contribution < 1.29 is 22.8 Å². The fourth-order valence-corrected chi connectivity index (χ4v) is 2.92. The van der Waals surface area contributed by atoms with Gasteiger partial charge < -0.3 is 15.5 Å². The van der Waals surface area contributed by atoms with Crippen LogP contribution in [-0.2, 0) is 11.2 Å². The van der Waals surface area contributed by atoms with Crippen molar-refractivity contribution in [3.8, 4) is 0 Å². The summed E-state index contributed by atoms with van der Waals surface area (Å²) < 4.78 is 36.4. The average Bonchev–Trinajstić information content (AvgIpc) is 2.63. The summed E-state index contributed by atoms with van der Waals surface area (Å²) in [6.07, 6.45) is -1.95. The van der Waals surface area contributed by atoms with Gasteiger partial charge in [0.05, 0.1) is 0 Å². The predicted octanol–water partition coefficient (Wildman–Crippen LogP) is 2.72. The molecule has 26 heavy (non-hydrogen) atoms. The van der Waals surface area contributed by atoms with E-state index in [-0.39, 0.29) is 6.03 Å². The van der Waals surface area contributed by atoms with Crippen molar-refractivity contribution in [2.45, 2.75) is 31.9 Å². The highest BCUT2D eigenvalue weighted by Crippen LogP contribution is 2.18. The molecule has 2 N–H and O–H groups in total. The number of hydrogen-bond donors (Lipinski definition) is 2. The molecule has 0 bridgehead atoms. The Hall–Kier alpha value is -2.25. The molecule has 0 unspecified atom stereocenters. The van der Waals surface area contributed by atoms with Crippen LogP contribution in [0.25, 0.3) is 0 Å². The lowest BCUT2D eigenvalue weighted by molar-refractivity contribution is -0.141. The molecule has 1 saturated heterocycles. The zero-order valence-electron chi connectivity index (χ0n) is 14.5. The summed E-state index contributed by atoms with van der Waals surface area (Å²) in [6.45, 7) is -0.0169. The van der Waals surface area contributed by atoms with E-state index in [1.165, 1.54) is 5.56 Å². The molecule has 1 aromatic rings. The molecular weight excluding hydrogens is 347 g/mol. The first-order valence-electron chi connectivity index (χ1n) is 8.76. The summed E-state index contributed by atoms with van der Waals surface area (Å²) in [4.78, 5) is 25.5. The van der Waals surface area contributed by atoms with Crippen molar-refractivity contribution in [1.29, 1.82) is 0 Å². The smallest absolute Gasteiger partial charge is 0.347 e. The van der Waals surface area contributed by atoms with E-state index in [4.69, 9.17) is 0 Å². The molecule has 8 heteroatoms. The van der Waals surface area contributed by atoms with Gasteiger partial charge in [-0.3, -0.25) is 4.79 Å². The number of hydrogen-bond acceptors (Lipinski definition) is 2. The fraction of sp³-hybridized carbons (Fsp3) is 0.556. The van der Waals surface area contributed by atoms with E-state index in [0.717, 1.165) is 12.8 Å². The van der Waals surface area contributed by atoms with E-state index in [9.17, 15) is 22.8 Å². The summed E-state index contributed by atoms with van der Waals surface area (Å²) in [5.74, 6) is -1.07. The number of urea groups is 1. The van der Waals surface area contributed by atoms with Gasteiger partial charge in [-0.15, -0.1) is 0 Å². The van der Waals surface area contributed by atoms with Crippen molar-refractivity contribution in [2.24, 2.45) is 5.92 Å². The van der Waals surface area contributed by atoms with Crippen LogP contribution in [0.1, 0.15) is 24.8 Å². The Kier molecular flexibility index (Phi) is 7.29. The second-order valence-electron chi connectivity index (χ2n) is 6.42. The number of rotatable bonds is 6. The predicted molar refractivity (Wildman–Crippen MR) is 91.5 cm³/mol. The zero-order chi connectivity index (χ0) is 19.0. The molecule has 0 radical (unpaired) electrons. The first-order chi connectivity index (χ1) is 12.3. The molecule has 5 nitrogen and oxygen atoms in total. The highest BCUT2D eigenvalue weighted by Gasteiger charge is 2.31. The van der Waals surface area contributed by atoms with Crippen LogP contribution in [0.4, 0.5) is 18.0 Å². The van der Waals surface area contributed by atoms with Crippen molar-refractivity contribution in [3.05, 3.63) is 35.9 Å². The lowest BCUT2D eigenvalue weighted by Gasteiger charge is -2.31. The first-order valence-corrected chi connectivity index (χ1v) is 8.76. The summed E-state index contributed by atoms with van der Waals surface area (Å²) in [6, 6.07) is 9.80. The van der Waals surface area contributed by atoms with Gasteiger partial charge >= 0.3 is 12.2 Å². The molecule has 3 amide bonds. The molecule has 144 valence electrons. The minimum absolute atomic E-state index is 0.188. The van der Waals surface area contributed by atoms with Crippen molar-refractivity contribution in [1.82, 2.24) is 15.5 Å². The third-order valence-electron chi connectivity index (χ3n) is 4.38. The molecule has 1 fully saturated rings. The number of aryl methyl sites for hydroxylation is 1. The topological polar surface area (TPSA) is 61.4 Å². The Labute approximate surface area is 150 Å². The van der Waals surface area contributed by atoms with Crippen LogP contribution >= 0.6 is 0 Å². The first kappa shape index (κ1) is 20.1. The van der Waals surface area contributed by atoms with Crippen LogP contribution in [0, 0.1) is 5.92 Å². The Morgan fingerprint density at radius 2 is 1.73 bits per heavy atom. The number of halogens is 3. The van der Waals surface area contributed by atoms with E-state index in [2.05, 4.69) is 5.32 Å². The number of likely N-dealkylation sites (tertiary alicyclic amines) is 1. The van der Waals surface area contributed by atoms with Gasteiger partial charge in [-0.1, -0.05) is 30.3 Å². The van der Waals surface area contributed by atoms with Crippen LogP contribution in [0.3, 0.4) is 0 Å². The molecular formula is C18H24F3N3O2. The van der Waals surface area contributed by atoms with Crippen LogP contribution in [-0.4, -0.2) is 49.2 Å². The normalized spacial score (nSPS) is 15.6. The number of amides is 3. The van der Waals surface area contributed by atoms with Crippen LogP contribution in [0.5, 0.6) is 0 Å². The van der Waals surface area contributed by atoms with Gasteiger partial charge in [0.25, 0.3) is 0 Å². The van der Waals surface area contributed by atoms with Gasteiger partial charge in [-0.05, 0) is 31.2 Å². The van der Waals surface area contributed by atoms with Crippen molar-refractivity contribution in [3.63, 3.8) is 0 Å². The Morgan fingerprint density at radius 3 is 2.35 bits per heavy atom. The second-order valence-corrected chi connectivity index (χ2v) is 6.42. The highest BCUT2D eigenvalue weighted by atomic mass is 19.4. The molecule has 0 aliphatic carbocycles. The largest absolute Gasteiger partial charge is 0.405 e. The maximum atomic E-state index is 12.1. The SMILES string of the molecule is O=C(NCC(F)(F)F)C1CCN(C(=O)NCCCc2ccccc2)CC1. The number of alkyl halides is 3. The molecule has 0 spiro atoms. The third-order valence-corrected chi connectivity index (χ3v) is 4.38. The number of carbonyl (C=O) groups is 2. The Balaban J connectivity index is 1.62.